The fraction of sp³-hybridized carbons (Fsp3) is 0.0769. The van der Waals surface area contributed by atoms with Crippen LogP contribution in [0.3, 0.4) is 0 Å². The molecule has 20 heavy (non-hydrogen) atoms. The van der Waals surface area contributed by atoms with Gasteiger partial charge in [-0.05, 0) is 19.6 Å². The first-order valence-corrected chi connectivity index (χ1v) is 5.54. The Bertz CT molecular complexity index is 605. The Morgan fingerprint density at radius 3 is 2.90 bits per heavy atom. The van der Waals surface area contributed by atoms with Gasteiger partial charge in [0, 0.05) is 17.8 Å². The second-order valence-corrected chi connectivity index (χ2v) is 3.80. The van der Waals surface area contributed by atoms with Crippen LogP contribution in [0.4, 0.5) is 5.69 Å². The highest BCUT2D eigenvalue weighted by Gasteiger charge is 2.07. The summed E-state index contributed by atoms with van der Waals surface area (Å²) in [6, 6.07) is 1.45. The molecule has 0 saturated carbocycles. The van der Waals surface area contributed by atoms with Crippen LogP contribution in [-0.4, -0.2) is 20.9 Å². The Balaban J connectivity index is 2.70. The van der Waals surface area contributed by atoms with Crippen LogP contribution in [0, 0.1) is 10.1 Å². The van der Waals surface area contributed by atoms with Gasteiger partial charge in [-0.3, -0.25) is 19.9 Å². The molecule has 1 heterocycles. The topological polar surface area (TPSA) is 105 Å². The summed E-state index contributed by atoms with van der Waals surface area (Å²) in [5.41, 5.74) is 0.270. The number of hydrogen-bond donors (Lipinski definition) is 2. The van der Waals surface area contributed by atoms with Crippen LogP contribution in [0.25, 0.3) is 0 Å². The number of carbonyl (C=O) groups excluding carboxylic acids is 1. The van der Waals surface area contributed by atoms with Crippen LogP contribution in [0.1, 0.15) is 6.92 Å². The minimum absolute atomic E-state index is 0.147. The number of aromatic hydroxyl groups is 1. The highest BCUT2D eigenvalue weighted by molar-refractivity contribution is 6.04. The minimum atomic E-state index is -0.630. The molecule has 104 valence electrons. The van der Waals surface area contributed by atoms with Crippen molar-refractivity contribution < 1.29 is 14.8 Å². The number of nitrogens with one attached hydrogen (secondary N) is 1. The van der Waals surface area contributed by atoms with Crippen molar-refractivity contribution in [3.63, 3.8) is 0 Å². The van der Waals surface area contributed by atoms with Crippen molar-refractivity contribution in [3.05, 3.63) is 64.7 Å². The number of nitro groups is 1. The van der Waals surface area contributed by atoms with Gasteiger partial charge in [0.2, 0.25) is 0 Å². The van der Waals surface area contributed by atoms with Gasteiger partial charge in [0.25, 0.3) is 11.6 Å². The van der Waals surface area contributed by atoms with Gasteiger partial charge in [0.15, 0.2) is 5.75 Å². The number of hydrogen-bond acceptors (Lipinski definition) is 5. The fourth-order valence-electron chi connectivity index (χ4n) is 1.15. The maximum atomic E-state index is 11.8. The van der Waals surface area contributed by atoms with E-state index in [1.165, 1.54) is 43.6 Å². The van der Waals surface area contributed by atoms with Crippen LogP contribution >= 0.6 is 0 Å². The van der Waals surface area contributed by atoms with Gasteiger partial charge in [-0.15, -0.1) is 0 Å². The summed E-state index contributed by atoms with van der Waals surface area (Å²) in [7, 11) is 0. The molecule has 7 nitrogen and oxygen atoms in total. The van der Waals surface area contributed by atoms with Gasteiger partial charge in [-0.25, -0.2) is 0 Å². The summed E-state index contributed by atoms with van der Waals surface area (Å²) in [5, 5.41) is 22.2. The third-order valence-corrected chi connectivity index (χ3v) is 2.28. The van der Waals surface area contributed by atoms with Crippen LogP contribution in [-0.2, 0) is 4.79 Å². The molecule has 7 heteroatoms. The summed E-state index contributed by atoms with van der Waals surface area (Å²) in [4.78, 5) is 25.1. The molecule has 1 amide bonds. The van der Waals surface area contributed by atoms with E-state index in [0.29, 0.717) is 5.57 Å². The average Bonchev–Trinajstić information content (AvgIpc) is 2.40. The molecule has 0 aliphatic rings. The maximum absolute atomic E-state index is 11.8. The van der Waals surface area contributed by atoms with E-state index in [2.05, 4.69) is 16.9 Å². The Hall–Kier alpha value is -2.96. The number of nitrogens with zero attached hydrogens (tertiary/aromatic N) is 2. The van der Waals surface area contributed by atoms with Crippen molar-refractivity contribution in [2.75, 3.05) is 5.32 Å². The van der Waals surface area contributed by atoms with Crippen molar-refractivity contribution in [3.8, 4) is 5.75 Å². The van der Waals surface area contributed by atoms with Crippen LogP contribution in [0.5, 0.6) is 5.75 Å². The Kier molecular flexibility index (Phi) is 5.16. The standard InChI is InChI=1S/C13H13N3O4/c1-9(4-3-5-10(2)16(19)20)13(18)15-11-6-7-14-8-12(11)17/h3-8,17H,2H2,1H3,(H,14,15,18)/b5-3-,9-4+. The molecule has 1 rings (SSSR count). The van der Waals surface area contributed by atoms with Crippen LogP contribution < -0.4 is 5.32 Å². The first-order valence-electron chi connectivity index (χ1n) is 5.54. The highest BCUT2D eigenvalue weighted by atomic mass is 16.6. The van der Waals surface area contributed by atoms with Gasteiger partial charge < -0.3 is 10.4 Å². The van der Waals surface area contributed by atoms with E-state index < -0.39 is 10.8 Å². The molecule has 0 bridgehead atoms. The number of pyridine rings is 1. The van der Waals surface area contributed by atoms with Gasteiger partial charge >= 0.3 is 0 Å². The van der Waals surface area contributed by atoms with E-state index in [0.717, 1.165) is 0 Å². The molecule has 0 saturated heterocycles. The monoisotopic (exact) mass is 275 g/mol. The predicted molar refractivity (Wildman–Crippen MR) is 73.6 cm³/mol. The molecule has 0 aliphatic heterocycles. The molecule has 0 atom stereocenters. The van der Waals surface area contributed by atoms with Crippen molar-refractivity contribution in [1.29, 1.82) is 0 Å². The molecule has 0 fully saturated rings. The lowest BCUT2D eigenvalue weighted by atomic mass is 10.2. The van der Waals surface area contributed by atoms with Crippen molar-refractivity contribution >= 4 is 11.6 Å². The first kappa shape index (κ1) is 15.1. The minimum Gasteiger partial charge on any atom is -0.504 e. The molecule has 0 aromatic carbocycles. The molecule has 2 N–H and O–H groups in total. The number of amides is 1. The fourth-order valence-corrected chi connectivity index (χ4v) is 1.15. The van der Waals surface area contributed by atoms with Crippen LogP contribution in [0.15, 0.2) is 54.5 Å². The van der Waals surface area contributed by atoms with E-state index in [4.69, 9.17) is 0 Å². The first-order chi connectivity index (χ1) is 9.41. The smallest absolute Gasteiger partial charge is 0.262 e. The zero-order valence-electron chi connectivity index (χ0n) is 10.7. The van der Waals surface area contributed by atoms with Gasteiger partial charge in [-0.2, -0.15) is 0 Å². The quantitative estimate of drug-likeness (QED) is 0.370. The summed E-state index contributed by atoms with van der Waals surface area (Å²) in [6.07, 6.45) is 6.57. The van der Waals surface area contributed by atoms with Crippen molar-refractivity contribution in [1.82, 2.24) is 4.98 Å². The molecule has 1 aromatic heterocycles. The Morgan fingerprint density at radius 1 is 1.60 bits per heavy atom. The van der Waals surface area contributed by atoms with E-state index >= 15 is 0 Å². The largest absolute Gasteiger partial charge is 0.504 e. The van der Waals surface area contributed by atoms with E-state index in [1.807, 2.05) is 0 Å². The molecule has 0 aliphatic carbocycles. The predicted octanol–water partition coefficient (Wildman–Crippen LogP) is 2.02. The average molecular weight is 275 g/mol. The summed E-state index contributed by atoms with van der Waals surface area (Å²) in [5.74, 6) is -0.589. The summed E-state index contributed by atoms with van der Waals surface area (Å²) in [6.45, 7) is 4.75. The maximum Gasteiger partial charge on any atom is 0.262 e. The number of carbonyl (C=O) groups is 1. The SMILES string of the molecule is C=C(/C=C\C=C(/C)C(=O)Nc1ccncc1O)[N+](=O)[O-]. The van der Waals surface area contributed by atoms with Crippen molar-refractivity contribution in [2.24, 2.45) is 0 Å². The highest BCUT2D eigenvalue weighted by Crippen LogP contribution is 2.20. The Morgan fingerprint density at radius 2 is 2.30 bits per heavy atom. The second kappa shape index (κ2) is 6.83. The van der Waals surface area contributed by atoms with Gasteiger partial charge in [-0.1, -0.05) is 12.2 Å². The number of anilines is 1. The third-order valence-electron chi connectivity index (χ3n) is 2.28. The molecule has 0 unspecified atom stereocenters. The van der Waals surface area contributed by atoms with Crippen molar-refractivity contribution in [2.45, 2.75) is 6.92 Å². The molecular formula is C13H13N3O4. The van der Waals surface area contributed by atoms with E-state index in [-0.39, 0.29) is 17.1 Å². The molecule has 0 spiro atoms. The van der Waals surface area contributed by atoms with Gasteiger partial charge in [0.05, 0.1) is 16.8 Å². The van der Waals surface area contributed by atoms with Crippen LogP contribution in [0.2, 0.25) is 0 Å². The lowest BCUT2D eigenvalue weighted by Gasteiger charge is -2.06. The van der Waals surface area contributed by atoms with Gasteiger partial charge in [0.1, 0.15) is 0 Å². The normalized spacial score (nSPS) is 11.3. The Labute approximate surface area is 115 Å². The zero-order valence-corrected chi connectivity index (χ0v) is 10.7. The zero-order chi connectivity index (χ0) is 15.1. The number of aromatic nitrogens is 1. The molecule has 0 radical (unpaired) electrons. The van der Waals surface area contributed by atoms with E-state index in [1.54, 1.807) is 0 Å². The lowest BCUT2D eigenvalue weighted by molar-refractivity contribution is -0.418. The number of allylic oxidation sites excluding steroid dienone is 3. The summed E-state index contributed by atoms with van der Waals surface area (Å²) < 4.78 is 0. The molecule has 1 aromatic rings. The molecular weight excluding hydrogens is 262 g/mol. The lowest BCUT2D eigenvalue weighted by Crippen LogP contribution is -2.12. The summed E-state index contributed by atoms with van der Waals surface area (Å²) >= 11 is 0. The third kappa shape index (κ3) is 4.37. The van der Waals surface area contributed by atoms with E-state index in [9.17, 15) is 20.0 Å². The number of rotatable bonds is 5. The second-order valence-electron chi connectivity index (χ2n) is 3.80.